The van der Waals surface area contributed by atoms with Crippen LogP contribution < -0.4 is 15.4 Å². The smallest absolute Gasteiger partial charge is 0.291 e. The summed E-state index contributed by atoms with van der Waals surface area (Å²) in [5, 5.41) is 7.30. The number of benzene rings is 1. The van der Waals surface area contributed by atoms with Crippen molar-refractivity contribution >= 4 is 28.1 Å². The largest absolute Gasteiger partial charge is 0.497 e. The molecule has 1 atom stereocenters. The van der Waals surface area contributed by atoms with Crippen LogP contribution in [0.3, 0.4) is 0 Å². The lowest BCUT2D eigenvalue weighted by Crippen LogP contribution is -2.17. The van der Waals surface area contributed by atoms with Gasteiger partial charge in [-0.3, -0.25) is 4.79 Å². The van der Waals surface area contributed by atoms with Gasteiger partial charge in [-0.25, -0.2) is 4.98 Å². The van der Waals surface area contributed by atoms with Crippen molar-refractivity contribution in [3.63, 3.8) is 0 Å². The van der Waals surface area contributed by atoms with Crippen LogP contribution in [-0.4, -0.2) is 18.0 Å². The fraction of sp³-hybridized carbons (Fsp3) is 0.167. The molecule has 0 radical (unpaired) electrons. The van der Waals surface area contributed by atoms with Crippen LogP contribution in [0.5, 0.6) is 5.75 Å². The number of furan rings is 1. The average Bonchev–Trinajstić information content (AvgIpc) is 3.42. The number of hydrogen-bond donors (Lipinski definition) is 2. The van der Waals surface area contributed by atoms with Crippen LogP contribution in [0.4, 0.5) is 10.8 Å². The van der Waals surface area contributed by atoms with Crippen molar-refractivity contribution in [2.24, 2.45) is 0 Å². The molecule has 0 saturated heterocycles. The Kier molecular flexibility index (Phi) is 6.04. The number of methoxy groups -OCH3 is 1. The number of pyridine rings is 1. The summed E-state index contributed by atoms with van der Waals surface area (Å²) in [4.78, 5) is 18.2. The third-order valence-electron chi connectivity index (χ3n) is 4.82. The van der Waals surface area contributed by atoms with Gasteiger partial charge in [0.05, 0.1) is 19.4 Å². The van der Waals surface area contributed by atoms with E-state index in [0.29, 0.717) is 0 Å². The molecule has 7 heteroatoms. The number of carbonyl (C=O) groups is 1. The van der Waals surface area contributed by atoms with Crippen LogP contribution in [0.15, 0.2) is 71.5 Å². The minimum atomic E-state index is -0.282. The molecule has 0 bridgehead atoms. The minimum absolute atomic E-state index is 0.225. The van der Waals surface area contributed by atoms with Crippen molar-refractivity contribution < 1.29 is 13.9 Å². The van der Waals surface area contributed by atoms with Gasteiger partial charge in [-0.05, 0) is 67.4 Å². The SMILES string of the molecule is COc1ccc([C@H](Nc2cc(C)ccn2)c2cc(C)sc2NC(=O)c2ccco2)cc1. The van der Waals surface area contributed by atoms with Crippen LogP contribution >= 0.6 is 11.3 Å². The molecule has 1 amide bonds. The van der Waals surface area contributed by atoms with Crippen molar-refractivity contribution in [2.75, 3.05) is 17.7 Å². The lowest BCUT2D eigenvalue weighted by atomic mass is 9.99. The topological polar surface area (TPSA) is 76.4 Å². The second-order valence-electron chi connectivity index (χ2n) is 7.14. The van der Waals surface area contributed by atoms with Gasteiger partial charge in [-0.15, -0.1) is 11.3 Å². The molecule has 0 spiro atoms. The predicted molar refractivity (Wildman–Crippen MR) is 123 cm³/mol. The number of anilines is 2. The quantitative estimate of drug-likeness (QED) is 0.384. The van der Waals surface area contributed by atoms with E-state index >= 15 is 0 Å². The lowest BCUT2D eigenvalue weighted by molar-refractivity contribution is 0.0997. The molecule has 0 unspecified atom stereocenters. The molecule has 0 aliphatic rings. The number of aryl methyl sites for hydroxylation is 2. The number of amides is 1. The summed E-state index contributed by atoms with van der Waals surface area (Å²) in [6, 6.07) is 17.0. The summed E-state index contributed by atoms with van der Waals surface area (Å²) in [6.07, 6.45) is 3.27. The Morgan fingerprint density at radius 1 is 1.13 bits per heavy atom. The first-order valence-electron chi connectivity index (χ1n) is 9.82. The number of rotatable bonds is 7. The summed E-state index contributed by atoms with van der Waals surface area (Å²) in [7, 11) is 1.64. The molecule has 4 aromatic rings. The molecule has 3 aromatic heterocycles. The van der Waals surface area contributed by atoms with Gasteiger partial charge in [0.2, 0.25) is 0 Å². The zero-order chi connectivity index (χ0) is 21.8. The number of aromatic nitrogens is 1. The van der Waals surface area contributed by atoms with Crippen molar-refractivity contribution in [1.29, 1.82) is 0 Å². The van der Waals surface area contributed by atoms with Crippen molar-refractivity contribution in [1.82, 2.24) is 4.98 Å². The summed E-state index contributed by atoms with van der Waals surface area (Å²) < 4.78 is 10.6. The van der Waals surface area contributed by atoms with Crippen LogP contribution in [0.25, 0.3) is 0 Å². The normalized spacial score (nSPS) is 11.7. The van der Waals surface area contributed by atoms with E-state index in [-0.39, 0.29) is 17.7 Å². The summed E-state index contributed by atoms with van der Waals surface area (Å²) in [6.45, 7) is 4.05. The van der Waals surface area contributed by atoms with Crippen LogP contribution in [0.1, 0.15) is 38.2 Å². The Bertz CT molecular complexity index is 1170. The first kappa shape index (κ1) is 20.7. The number of thiophene rings is 1. The third-order valence-corrected chi connectivity index (χ3v) is 5.81. The molecule has 0 aliphatic carbocycles. The molecule has 158 valence electrons. The molecular weight excluding hydrogens is 410 g/mol. The van der Waals surface area contributed by atoms with Gasteiger partial charge in [0.1, 0.15) is 16.6 Å². The van der Waals surface area contributed by atoms with Gasteiger partial charge < -0.3 is 19.8 Å². The minimum Gasteiger partial charge on any atom is -0.497 e. The third kappa shape index (κ3) is 4.78. The van der Waals surface area contributed by atoms with Gasteiger partial charge in [-0.2, -0.15) is 0 Å². The Balaban J connectivity index is 1.73. The summed E-state index contributed by atoms with van der Waals surface area (Å²) in [5.41, 5.74) is 3.09. The summed E-state index contributed by atoms with van der Waals surface area (Å²) >= 11 is 1.53. The highest BCUT2D eigenvalue weighted by molar-refractivity contribution is 7.16. The fourth-order valence-electron chi connectivity index (χ4n) is 3.32. The molecular formula is C24H23N3O3S. The first-order chi connectivity index (χ1) is 15.0. The zero-order valence-electron chi connectivity index (χ0n) is 17.5. The molecule has 1 aromatic carbocycles. The maximum atomic E-state index is 12.6. The number of nitrogens with one attached hydrogen (secondary N) is 2. The molecule has 0 fully saturated rings. The van der Waals surface area contributed by atoms with Gasteiger partial charge in [0.25, 0.3) is 5.91 Å². The highest BCUT2D eigenvalue weighted by atomic mass is 32.1. The van der Waals surface area contributed by atoms with E-state index < -0.39 is 0 Å². The van der Waals surface area contributed by atoms with Gasteiger partial charge >= 0.3 is 0 Å². The van der Waals surface area contributed by atoms with E-state index in [2.05, 4.69) is 21.7 Å². The standard InChI is InChI=1S/C24H23N3O3S/c1-15-10-11-25-21(13-15)26-22(17-6-8-18(29-3)9-7-17)19-14-16(2)31-24(19)27-23(28)20-5-4-12-30-20/h4-14,22H,1-3H3,(H,25,26)(H,27,28)/t22-/m0/s1. The van der Waals surface area contributed by atoms with E-state index in [1.165, 1.54) is 17.6 Å². The number of ether oxygens (including phenoxy) is 1. The molecule has 6 nitrogen and oxygen atoms in total. The van der Waals surface area contributed by atoms with Crippen LogP contribution in [0.2, 0.25) is 0 Å². The van der Waals surface area contributed by atoms with Gasteiger partial charge in [0, 0.05) is 16.6 Å². The predicted octanol–water partition coefficient (Wildman–Crippen LogP) is 5.82. The van der Waals surface area contributed by atoms with E-state index in [4.69, 9.17) is 9.15 Å². The number of nitrogens with zero attached hydrogens (tertiary/aromatic N) is 1. The highest BCUT2D eigenvalue weighted by Gasteiger charge is 2.23. The maximum Gasteiger partial charge on any atom is 0.291 e. The number of hydrogen-bond acceptors (Lipinski definition) is 6. The monoisotopic (exact) mass is 433 g/mol. The van der Waals surface area contributed by atoms with Gasteiger partial charge in [-0.1, -0.05) is 12.1 Å². The van der Waals surface area contributed by atoms with Crippen molar-refractivity contribution in [3.8, 4) is 5.75 Å². The molecule has 4 rings (SSSR count). The molecule has 0 saturated carbocycles. The Hall–Kier alpha value is -3.58. The zero-order valence-corrected chi connectivity index (χ0v) is 18.3. The average molecular weight is 434 g/mol. The van der Waals surface area contributed by atoms with Crippen molar-refractivity contribution in [3.05, 3.63) is 94.4 Å². The molecule has 0 aliphatic heterocycles. The Morgan fingerprint density at radius 2 is 1.94 bits per heavy atom. The fourth-order valence-corrected chi connectivity index (χ4v) is 4.26. The van der Waals surface area contributed by atoms with Gasteiger partial charge in [0.15, 0.2) is 5.76 Å². The Morgan fingerprint density at radius 3 is 2.61 bits per heavy atom. The van der Waals surface area contributed by atoms with Crippen LogP contribution in [0, 0.1) is 13.8 Å². The van der Waals surface area contributed by atoms with E-state index in [0.717, 1.165) is 38.1 Å². The van der Waals surface area contributed by atoms with E-state index in [1.54, 1.807) is 25.4 Å². The maximum absolute atomic E-state index is 12.6. The lowest BCUT2D eigenvalue weighted by Gasteiger charge is -2.21. The first-order valence-corrected chi connectivity index (χ1v) is 10.6. The Labute approximate surface area is 184 Å². The second-order valence-corrected chi connectivity index (χ2v) is 8.40. The van der Waals surface area contributed by atoms with E-state index in [1.807, 2.05) is 50.2 Å². The molecule has 2 N–H and O–H groups in total. The molecule has 3 heterocycles. The summed E-state index contributed by atoms with van der Waals surface area (Å²) in [5.74, 6) is 1.53. The molecule has 31 heavy (non-hydrogen) atoms. The van der Waals surface area contributed by atoms with E-state index in [9.17, 15) is 4.79 Å². The second kappa shape index (κ2) is 9.06. The van der Waals surface area contributed by atoms with Crippen LogP contribution in [-0.2, 0) is 0 Å². The number of carbonyl (C=O) groups excluding carboxylic acids is 1. The van der Waals surface area contributed by atoms with Crippen molar-refractivity contribution in [2.45, 2.75) is 19.9 Å². The highest BCUT2D eigenvalue weighted by Crippen LogP contribution is 2.38.